The van der Waals surface area contributed by atoms with Crippen LogP contribution in [0.5, 0.6) is 0 Å². The molecule has 14 N–H and O–H groups in total. The minimum Gasteiger partial charge on any atom is -0.394 e. The molecule has 4 heterocycles. The molecule has 0 aromatic rings. The third-order valence-corrected chi connectivity index (χ3v) is 8.41. The summed E-state index contributed by atoms with van der Waals surface area (Å²) in [5.41, 5.74) is 5.36. The van der Waals surface area contributed by atoms with Crippen molar-refractivity contribution in [3.63, 3.8) is 0 Å². The third kappa shape index (κ3) is 7.65. The quantitative estimate of drug-likeness (QED) is 0.0901. The van der Waals surface area contributed by atoms with Gasteiger partial charge in [0.1, 0.15) is 91.6 Å². The van der Waals surface area contributed by atoms with Crippen molar-refractivity contribution >= 4 is 0 Å². The van der Waals surface area contributed by atoms with Crippen LogP contribution in [0.3, 0.4) is 0 Å². The van der Waals surface area contributed by atoms with Gasteiger partial charge in [-0.3, -0.25) is 0 Å². The van der Waals surface area contributed by atoms with E-state index in [1.165, 1.54) is 6.92 Å². The highest BCUT2D eigenvalue weighted by Crippen LogP contribution is 2.34. The van der Waals surface area contributed by atoms with Crippen molar-refractivity contribution in [2.24, 2.45) is 5.73 Å². The van der Waals surface area contributed by atoms with E-state index in [9.17, 15) is 61.3 Å². The second-order valence-electron chi connectivity index (χ2n) is 11.4. The number of hydrogen-bond acceptors (Lipinski definition) is 21. The van der Waals surface area contributed by atoms with E-state index in [4.69, 9.17) is 43.6 Å². The van der Waals surface area contributed by atoms with Gasteiger partial charge in [0.05, 0.1) is 32.7 Å². The molecule has 4 fully saturated rings. The number of ether oxygens (including phenoxy) is 8. The van der Waals surface area contributed by atoms with E-state index in [2.05, 4.69) is 0 Å². The Balaban J connectivity index is 1.51. The Morgan fingerprint density at radius 3 is 1.28 bits per heavy atom. The minimum atomic E-state index is -1.99. The van der Waals surface area contributed by atoms with Gasteiger partial charge in [-0.2, -0.15) is 0 Å². The van der Waals surface area contributed by atoms with Crippen molar-refractivity contribution in [3.8, 4) is 0 Å². The van der Waals surface area contributed by atoms with Crippen LogP contribution in [0.25, 0.3) is 0 Å². The standard InChI is InChI=1S/C25H45NO20/c1-6-10(30)19(17(37)24(40-6)46-20-12(32)8(3-28)41-22(16(20)36)39-5-26)44-25-18(38)21(13(33)9(4-29)43-25)45-23-15(35)14(34)11(31)7(2-27)42-23/h6-25,27-38H,2-5,26H2,1H3/t6?,7?,8?,9?,10-,11+,12+,13+,14-,15?,16?,17?,18?,19-,20-,21-,22+,23-,24-,25-/m0/s1. The second-order valence-corrected chi connectivity index (χ2v) is 11.4. The predicted octanol–water partition coefficient (Wildman–Crippen LogP) is -8.78. The predicted molar refractivity (Wildman–Crippen MR) is 140 cm³/mol. The smallest absolute Gasteiger partial charge is 0.188 e. The zero-order valence-corrected chi connectivity index (χ0v) is 24.6. The first-order chi connectivity index (χ1) is 21.8. The molecule has 0 aliphatic carbocycles. The largest absolute Gasteiger partial charge is 0.394 e. The molecule has 20 atom stereocenters. The second kappa shape index (κ2) is 16.2. The maximum Gasteiger partial charge on any atom is 0.188 e. The summed E-state index contributed by atoms with van der Waals surface area (Å²) in [6, 6.07) is 0. The van der Waals surface area contributed by atoms with Gasteiger partial charge in [-0.05, 0) is 6.92 Å². The van der Waals surface area contributed by atoms with Crippen molar-refractivity contribution in [2.75, 3.05) is 26.6 Å². The average Bonchev–Trinajstić information content (AvgIpc) is 3.04. The highest BCUT2D eigenvalue weighted by molar-refractivity contribution is 4.97. The Labute approximate surface area is 261 Å². The van der Waals surface area contributed by atoms with Crippen LogP contribution in [0.15, 0.2) is 0 Å². The molecule has 8 unspecified atom stereocenters. The van der Waals surface area contributed by atoms with Crippen LogP contribution in [0.1, 0.15) is 6.92 Å². The first-order valence-electron chi connectivity index (χ1n) is 14.6. The Kier molecular flexibility index (Phi) is 13.4. The van der Waals surface area contributed by atoms with Crippen LogP contribution in [-0.2, 0) is 37.9 Å². The van der Waals surface area contributed by atoms with Gasteiger partial charge in [0.25, 0.3) is 0 Å². The summed E-state index contributed by atoms with van der Waals surface area (Å²) in [6.07, 6.45) is -33.5. The number of rotatable bonds is 11. The Bertz CT molecular complexity index is 938. The van der Waals surface area contributed by atoms with Crippen LogP contribution in [0.4, 0.5) is 0 Å². The fourth-order valence-corrected chi connectivity index (χ4v) is 5.69. The van der Waals surface area contributed by atoms with Crippen LogP contribution >= 0.6 is 0 Å². The summed E-state index contributed by atoms with van der Waals surface area (Å²) in [4.78, 5) is 0. The molecular weight excluding hydrogens is 634 g/mol. The normalized spacial score (nSPS) is 52.0. The average molecular weight is 680 g/mol. The lowest BCUT2D eigenvalue weighted by molar-refractivity contribution is -0.388. The van der Waals surface area contributed by atoms with E-state index in [-0.39, 0.29) is 0 Å². The summed E-state index contributed by atoms with van der Waals surface area (Å²) < 4.78 is 43.6. The molecule has 270 valence electrons. The number of nitrogens with two attached hydrogens (primary N) is 1. The van der Waals surface area contributed by atoms with Crippen LogP contribution < -0.4 is 5.73 Å². The lowest BCUT2D eigenvalue weighted by atomic mass is 9.95. The monoisotopic (exact) mass is 679 g/mol. The highest BCUT2D eigenvalue weighted by atomic mass is 16.8. The molecule has 0 bridgehead atoms. The molecule has 0 aromatic carbocycles. The molecule has 0 radical (unpaired) electrons. The Morgan fingerprint density at radius 2 is 0.826 bits per heavy atom. The SMILES string of the molecule is CC1O[C@@H](O[C@@H]2C(O)[C@H](OCN)OC(CO)[C@H]2O)C(O)[C@@H](O[C@@H]2OC(CO)[C@@H](O)[C@H](O[C@@H]3OC(CO)[C@@H](O)[C@H](O)C3O)C2O)[C@H]1O. The van der Waals surface area contributed by atoms with Gasteiger partial charge in [-0.25, -0.2) is 0 Å². The maximum atomic E-state index is 11.2. The van der Waals surface area contributed by atoms with E-state index < -0.39 is 149 Å². The van der Waals surface area contributed by atoms with Crippen molar-refractivity contribution in [1.29, 1.82) is 0 Å². The topological polar surface area (TPSA) is 343 Å². The summed E-state index contributed by atoms with van der Waals surface area (Å²) in [7, 11) is 0. The van der Waals surface area contributed by atoms with E-state index in [0.29, 0.717) is 0 Å². The molecule has 4 aliphatic heterocycles. The lowest BCUT2D eigenvalue weighted by Crippen LogP contribution is -2.67. The van der Waals surface area contributed by atoms with Gasteiger partial charge in [0.2, 0.25) is 0 Å². The van der Waals surface area contributed by atoms with Gasteiger partial charge in [0, 0.05) is 0 Å². The summed E-state index contributed by atoms with van der Waals surface area (Å²) >= 11 is 0. The first-order valence-corrected chi connectivity index (χ1v) is 14.6. The van der Waals surface area contributed by atoms with Gasteiger partial charge >= 0.3 is 0 Å². The van der Waals surface area contributed by atoms with E-state index in [1.54, 1.807) is 0 Å². The molecule has 0 saturated carbocycles. The highest BCUT2D eigenvalue weighted by Gasteiger charge is 2.55. The van der Waals surface area contributed by atoms with Gasteiger partial charge in [0.15, 0.2) is 25.2 Å². The van der Waals surface area contributed by atoms with Crippen molar-refractivity contribution in [1.82, 2.24) is 0 Å². The maximum absolute atomic E-state index is 11.2. The molecule has 4 rings (SSSR count). The fraction of sp³-hybridized carbons (Fsp3) is 1.00. The van der Waals surface area contributed by atoms with Gasteiger partial charge < -0.3 is 105 Å². The van der Waals surface area contributed by atoms with Crippen molar-refractivity contribution in [2.45, 2.75) is 130 Å². The number of hydrogen-bond donors (Lipinski definition) is 13. The lowest BCUT2D eigenvalue weighted by Gasteiger charge is -2.49. The van der Waals surface area contributed by atoms with E-state index in [1.807, 2.05) is 0 Å². The summed E-state index contributed by atoms with van der Waals surface area (Å²) in [5, 5.41) is 125. The molecule has 46 heavy (non-hydrogen) atoms. The third-order valence-electron chi connectivity index (χ3n) is 8.41. The van der Waals surface area contributed by atoms with Gasteiger partial charge in [-0.15, -0.1) is 0 Å². The molecule has 0 aromatic heterocycles. The zero-order valence-electron chi connectivity index (χ0n) is 24.6. The van der Waals surface area contributed by atoms with Crippen molar-refractivity contribution < 1.29 is 99.2 Å². The summed E-state index contributed by atoms with van der Waals surface area (Å²) in [6.45, 7) is -1.41. The minimum absolute atomic E-state index is 0.404. The molecule has 4 saturated heterocycles. The Hall–Kier alpha value is -0.840. The van der Waals surface area contributed by atoms with Crippen LogP contribution in [0.2, 0.25) is 0 Å². The van der Waals surface area contributed by atoms with E-state index >= 15 is 0 Å². The van der Waals surface area contributed by atoms with Crippen molar-refractivity contribution in [3.05, 3.63) is 0 Å². The van der Waals surface area contributed by atoms with Crippen LogP contribution in [0, 0.1) is 0 Å². The first kappa shape index (κ1) is 38.0. The number of aliphatic hydroxyl groups is 12. The molecule has 21 heteroatoms. The Morgan fingerprint density at radius 1 is 0.457 bits per heavy atom. The molecular formula is C25H45NO20. The molecule has 0 amide bonds. The molecule has 0 spiro atoms. The van der Waals surface area contributed by atoms with Gasteiger partial charge in [-0.1, -0.05) is 0 Å². The number of aliphatic hydroxyl groups excluding tert-OH is 12. The molecule has 4 aliphatic rings. The fourth-order valence-electron chi connectivity index (χ4n) is 5.69. The van der Waals surface area contributed by atoms with Crippen LogP contribution in [-0.4, -0.2) is 211 Å². The molecule has 21 nitrogen and oxygen atoms in total. The zero-order chi connectivity index (χ0) is 34.0. The summed E-state index contributed by atoms with van der Waals surface area (Å²) in [5.74, 6) is 0. The van der Waals surface area contributed by atoms with E-state index in [0.717, 1.165) is 0 Å².